The fraction of sp³-hybridized carbons (Fsp3) is 0.350. The molecule has 2 aromatic carbocycles. The highest BCUT2D eigenvalue weighted by atomic mass is 16.1. The van der Waals surface area contributed by atoms with Gasteiger partial charge in [-0.1, -0.05) is 56.3 Å². The van der Waals surface area contributed by atoms with Gasteiger partial charge in [-0.25, -0.2) is 0 Å². The molecule has 0 aliphatic heterocycles. The van der Waals surface area contributed by atoms with Crippen LogP contribution in [-0.2, 0) is 12.8 Å². The quantitative estimate of drug-likeness (QED) is 0.734. The van der Waals surface area contributed by atoms with Crippen LogP contribution in [0.1, 0.15) is 53.2 Å². The first-order chi connectivity index (χ1) is 10.1. The molecule has 108 valence electrons. The minimum atomic E-state index is 0.0514. The predicted molar refractivity (Wildman–Crippen MR) is 86.8 cm³/mol. The SMILES string of the molecule is CC(C)Cc1cccc(C(=O)C2CCc3ccccc32)c1. The average Bonchev–Trinajstić information content (AvgIpc) is 2.90. The summed E-state index contributed by atoms with van der Waals surface area (Å²) in [7, 11) is 0. The molecule has 0 bridgehead atoms. The second kappa shape index (κ2) is 5.85. The van der Waals surface area contributed by atoms with E-state index in [1.165, 1.54) is 16.7 Å². The zero-order valence-corrected chi connectivity index (χ0v) is 12.8. The summed E-state index contributed by atoms with van der Waals surface area (Å²) in [4.78, 5) is 12.8. The van der Waals surface area contributed by atoms with Gasteiger partial charge in [-0.2, -0.15) is 0 Å². The summed E-state index contributed by atoms with van der Waals surface area (Å²) in [5.41, 5.74) is 4.71. The molecule has 0 saturated heterocycles. The van der Waals surface area contributed by atoms with E-state index in [1.807, 2.05) is 18.2 Å². The van der Waals surface area contributed by atoms with Crippen LogP contribution in [-0.4, -0.2) is 5.78 Å². The molecule has 0 spiro atoms. The lowest BCUT2D eigenvalue weighted by atomic mass is 9.90. The lowest BCUT2D eigenvalue weighted by Crippen LogP contribution is -2.10. The summed E-state index contributed by atoms with van der Waals surface area (Å²) in [5.74, 6) is 0.948. The van der Waals surface area contributed by atoms with Crippen LogP contribution in [0, 0.1) is 5.92 Å². The Kier molecular flexibility index (Phi) is 3.92. The molecule has 0 amide bonds. The number of Topliss-reactive ketones (excluding diaryl/α,β-unsaturated/α-hetero) is 1. The standard InChI is InChI=1S/C20H22O/c1-14(2)12-15-6-5-8-17(13-15)20(21)19-11-10-16-7-3-4-9-18(16)19/h3-9,13-14,19H,10-12H2,1-2H3. The largest absolute Gasteiger partial charge is 0.293 e. The minimum absolute atomic E-state index is 0.0514. The number of ketones is 1. The Morgan fingerprint density at radius 1 is 1.14 bits per heavy atom. The van der Waals surface area contributed by atoms with Gasteiger partial charge in [0, 0.05) is 11.5 Å². The van der Waals surface area contributed by atoms with E-state index in [0.717, 1.165) is 24.8 Å². The van der Waals surface area contributed by atoms with Crippen LogP contribution in [0.5, 0.6) is 0 Å². The molecule has 1 aliphatic carbocycles. The molecule has 1 unspecified atom stereocenters. The highest BCUT2D eigenvalue weighted by molar-refractivity contribution is 6.01. The highest BCUT2D eigenvalue weighted by Crippen LogP contribution is 2.35. The van der Waals surface area contributed by atoms with Crippen molar-refractivity contribution < 1.29 is 4.79 Å². The Hall–Kier alpha value is -1.89. The van der Waals surface area contributed by atoms with Gasteiger partial charge in [0.05, 0.1) is 0 Å². The number of aryl methyl sites for hydroxylation is 1. The van der Waals surface area contributed by atoms with E-state index >= 15 is 0 Å². The third kappa shape index (κ3) is 2.92. The van der Waals surface area contributed by atoms with Crippen LogP contribution in [0.15, 0.2) is 48.5 Å². The number of fused-ring (bicyclic) bond motifs is 1. The normalized spacial score (nSPS) is 17.0. The number of benzene rings is 2. The van der Waals surface area contributed by atoms with Crippen LogP contribution in [0.25, 0.3) is 0 Å². The van der Waals surface area contributed by atoms with E-state index in [-0.39, 0.29) is 11.7 Å². The van der Waals surface area contributed by atoms with Gasteiger partial charge in [-0.15, -0.1) is 0 Å². The summed E-state index contributed by atoms with van der Waals surface area (Å²) in [6, 6.07) is 16.6. The average molecular weight is 278 g/mol. The van der Waals surface area contributed by atoms with Crippen molar-refractivity contribution in [2.75, 3.05) is 0 Å². The summed E-state index contributed by atoms with van der Waals surface area (Å²) in [5, 5.41) is 0. The molecular formula is C20H22O. The van der Waals surface area contributed by atoms with Crippen LogP contribution in [0.4, 0.5) is 0 Å². The number of carbonyl (C=O) groups excluding carboxylic acids is 1. The zero-order chi connectivity index (χ0) is 14.8. The van der Waals surface area contributed by atoms with Crippen LogP contribution in [0.2, 0.25) is 0 Å². The van der Waals surface area contributed by atoms with Gasteiger partial charge >= 0.3 is 0 Å². The molecule has 21 heavy (non-hydrogen) atoms. The van der Waals surface area contributed by atoms with Gasteiger partial charge in [0.2, 0.25) is 0 Å². The highest BCUT2D eigenvalue weighted by Gasteiger charge is 2.28. The molecule has 1 aliphatic rings. The Morgan fingerprint density at radius 3 is 2.76 bits per heavy atom. The van der Waals surface area contributed by atoms with Gasteiger partial charge in [0.1, 0.15) is 0 Å². The van der Waals surface area contributed by atoms with Crippen molar-refractivity contribution >= 4 is 5.78 Å². The molecule has 1 nitrogen and oxygen atoms in total. The van der Waals surface area contributed by atoms with Crippen molar-refractivity contribution in [3.05, 3.63) is 70.8 Å². The van der Waals surface area contributed by atoms with Gasteiger partial charge in [0.15, 0.2) is 5.78 Å². The maximum absolute atomic E-state index is 12.8. The topological polar surface area (TPSA) is 17.1 Å². The maximum atomic E-state index is 12.8. The Morgan fingerprint density at radius 2 is 1.95 bits per heavy atom. The lowest BCUT2D eigenvalue weighted by Gasteiger charge is -2.12. The van der Waals surface area contributed by atoms with E-state index in [2.05, 4.69) is 44.2 Å². The van der Waals surface area contributed by atoms with Crippen LogP contribution in [0.3, 0.4) is 0 Å². The fourth-order valence-corrected chi connectivity index (χ4v) is 3.35. The van der Waals surface area contributed by atoms with E-state index < -0.39 is 0 Å². The molecule has 0 heterocycles. The first kappa shape index (κ1) is 14.1. The minimum Gasteiger partial charge on any atom is -0.293 e. The number of rotatable bonds is 4. The Balaban J connectivity index is 1.86. The van der Waals surface area contributed by atoms with Crippen molar-refractivity contribution in [3.8, 4) is 0 Å². The summed E-state index contributed by atoms with van der Waals surface area (Å²) in [6.07, 6.45) is 3.01. The van der Waals surface area contributed by atoms with Crippen molar-refractivity contribution in [2.24, 2.45) is 5.92 Å². The molecule has 0 saturated carbocycles. The summed E-state index contributed by atoms with van der Waals surface area (Å²) >= 11 is 0. The fourth-order valence-electron chi connectivity index (χ4n) is 3.35. The predicted octanol–water partition coefficient (Wildman–Crippen LogP) is 4.80. The Labute approximate surface area is 127 Å². The third-order valence-corrected chi connectivity index (χ3v) is 4.30. The summed E-state index contributed by atoms with van der Waals surface area (Å²) in [6.45, 7) is 4.42. The zero-order valence-electron chi connectivity index (χ0n) is 12.8. The van der Waals surface area contributed by atoms with Gasteiger partial charge in [-0.05, 0) is 47.9 Å². The van der Waals surface area contributed by atoms with Crippen LogP contribution >= 0.6 is 0 Å². The molecule has 1 atom stereocenters. The van der Waals surface area contributed by atoms with E-state index in [0.29, 0.717) is 5.92 Å². The molecule has 2 aromatic rings. The number of hydrogen-bond acceptors (Lipinski definition) is 1. The van der Waals surface area contributed by atoms with Crippen molar-refractivity contribution in [1.82, 2.24) is 0 Å². The first-order valence-electron chi connectivity index (χ1n) is 7.86. The first-order valence-corrected chi connectivity index (χ1v) is 7.86. The molecule has 0 aromatic heterocycles. The van der Waals surface area contributed by atoms with Gasteiger partial charge < -0.3 is 0 Å². The molecule has 0 radical (unpaired) electrons. The molecular weight excluding hydrogens is 256 g/mol. The third-order valence-electron chi connectivity index (χ3n) is 4.30. The molecule has 0 N–H and O–H groups in total. The number of carbonyl (C=O) groups is 1. The number of hydrogen-bond donors (Lipinski definition) is 0. The summed E-state index contributed by atoms with van der Waals surface area (Å²) < 4.78 is 0. The maximum Gasteiger partial charge on any atom is 0.170 e. The van der Waals surface area contributed by atoms with Crippen molar-refractivity contribution in [3.63, 3.8) is 0 Å². The molecule has 1 heteroatoms. The second-order valence-electron chi connectivity index (χ2n) is 6.45. The monoisotopic (exact) mass is 278 g/mol. The van der Waals surface area contributed by atoms with Gasteiger partial charge in [0.25, 0.3) is 0 Å². The van der Waals surface area contributed by atoms with Crippen molar-refractivity contribution in [1.29, 1.82) is 0 Å². The van der Waals surface area contributed by atoms with Gasteiger partial charge in [-0.3, -0.25) is 4.79 Å². The second-order valence-corrected chi connectivity index (χ2v) is 6.45. The smallest absolute Gasteiger partial charge is 0.170 e. The lowest BCUT2D eigenvalue weighted by molar-refractivity contribution is 0.0959. The molecule has 0 fully saturated rings. The van der Waals surface area contributed by atoms with E-state index in [1.54, 1.807) is 0 Å². The van der Waals surface area contributed by atoms with E-state index in [9.17, 15) is 4.79 Å². The van der Waals surface area contributed by atoms with E-state index in [4.69, 9.17) is 0 Å². The molecule has 3 rings (SSSR count). The van der Waals surface area contributed by atoms with Crippen molar-refractivity contribution in [2.45, 2.75) is 39.0 Å². The Bertz CT molecular complexity index is 654. The van der Waals surface area contributed by atoms with Crippen LogP contribution < -0.4 is 0 Å².